The molecule has 0 aliphatic heterocycles. The first-order valence-corrected chi connectivity index (χ1v) is 7.79. The average molecular weight is 274 g/mol. The Morgan fingerprint density at radius 3 is 2.67 bits per heavy atom. The molecule has 3 N–H and O–H groups in total. The molecule has 0 aliphatic rings. The van der Waals surface area contributed by atoms with Gasteiger partial charge in [0.05, 0.1) is 6.54 Å². The van der Waals surface area contributed by atoms with Crippen LogP contribution in [0.5, 0.6) is 0 Å². The molecule has 0 bridgehead atoms. The summed E-state index contributed by atoms with van der Waals surface area (Å²) in [6.07, 6.45) is 4.09. The lowest BCUT2D eigenvalue weighted by Crippen LogP contribution is -2.32. The van der Waals surface area contributed by atoms with Gasteiger partial charge in [-0.3, -0.25) is 0 Å². The van der Waals surface area contributed by atoms with E-state index in [9.17, 15) is 8.42 Å². The van der Waals surface area contributed by atoms with Crippen molar-refractivity contribution in [3.05, 3.63) is 17.9 Å². The van der Waals surface area contributed by atoms with Gasteiger partial charge in [0, 0.05) is 6.04 Å². The molecule has 1 atom stereocenters. The number of sulfonamides is 1. The fourth-order valence-electron chi connectivity index (χ4n) is 1.69. The first kappa shape index (κ1) is 15.2. The smallest absolute Gasteiger partial charge is 0.274 e. The van der Waals surface area contributed by atoms with Gasteiger partial charge in [0.2, 0.25) is 5.09 Å². The third kappa shape index (κ3) is 4.44. The van der Waals surface area contributed by atoms with Crippen molar-refractivity contribution in [2.75, 3.05) is 0 Å². The lowest BCUT2D eigenvalue weighted by molar-refractivity contribution is 0.409. The van der Waals surface area contributed by atoms with E-state index in [1.807, 2.05) is 6.92 Å². The topological polar surface area (TPSA) is 85.3 Å². The second kappa shape index (κ2) is 6.92. The Morgan fingerprint density at radius 2 is 2.11 bits per heavy atom. The normalized spacial score (nSPS) is 13.7. The second-order valence-electron chi connectivity index (χ2n) is 4.44. The summed E-state index contributed by atoms with van der Waals surface area (Å²) in [6.45, 7) is 4.17. The van der Waals surface area contributed by atoms with Gasteiger partial charge in [-0.1, -0.05) is 26.2 Å². The first-order valence-electron chi connectivity index (χ1n) is 6.30. The molecule has 0 amide bonds. The highest BCUT2D eigenvalue weighted by Crippen LogP contribution is 2.14. The Morgan fingerprint density at radius 1 is 1.39 bits per heavy atom. The van der Waals surface area contributed by atoms with E-state index in [2.05, 4.69) is 11.6 Å². The van der Waals surface area contributed by atoms with Crippen LogP contribution in [-0.4, -0.2) is 14.5 Å². The minimum absolute atomic E-state index is 0.0645. The predicted octanol–water partition coefficient (Wildman–Crippen LogP) is 1.99. The number of hydrogen-bond donors (Lipinski definition) is 2. The Hall–Kier alpha value is -0.850. The molecule has 1 aromatic rings. The minimum atomic E-state index is -3.56. The molecule has 1 heterocycles. The van der Waals surface area contributed by atoms with Gasteiger partial charge in [-0.25, -0.2) is 13.1 Å². The standard InChI is InChI=1S/C12H22N2O3S/c1-3-4-5-6-10(2)14-18(15,16)12-8-7-11(9-13)17-12/h7-8,10,14H,3-6,9,13H2,1-2H3. The van der Waals surface area contributed by atoms with Crippen molar-refractivity contribution < 1.29 is 12.8 Å². The van der Waals surface area contributed by atoms with Gasteiger partial charge in [-0.2, -0.15) is 0 Å². The summed E-state index contributed by atoms with van der Waals surface area (Å²) in [4.78, 5) is 0. The minimum Gasteiger partial charge on any atom is -0.447 e. The lowest BCUT2D eigenvalue weighted by atomic mass is 10.1. The summed E-state index contributed by atoms with van der Waals surface area (Å²) in [5.74, 6) is 0.467. The highest BCUT2D eigenvalue weighted by Gasteiger charge is 2.20. The fourth-order valence-corrected chi connectivity index (χ4v) is 2.92. The number of hydrogen-bond acceptors (Lipinski definition) is 4. The molecule has 0 aliphatic carbocycles. The Bertz CT molecular complexity index is 454. The first-order chi connectivity index (χ1) is 8.49. The zero-order valence-electron chi connectivity index (χ0n) is 11.0. The summed E-state index contributed by atoms with van der Waals surface area (Å²) < 4.78 is 31.7. The molecule has 0 aromatic carbocycles. The largest absolute Gasteiger partial charge is 0.447 e. The van der Waals surface area contributed by atoms with Crippen molar-refractivity contribution in [1.29, 1.82) is 0 Å². The number of rotatable bonds is 8. The zero-order valence-corrected chi connectivity index (χ0v) is 11.8. The van der Waals surface area contributed by atoms with Crippen LogP contribution in [0.25, 0.3) is 0 Å². The van der Waals surface area contributed by atoms with Crippen LogP contribution in [0.1, 0.15) is 45.3 Å². The molecule has 5 nitrogen and oxygen atoms in total. The van der Waals surface area contributed by atoms with E-state index in [0.717, 1.165) is 25.7 Å². The van der Waals surface area contributed by atoms with Crippen LogP contribution in [0, 0.1) is 0 Å². The van der Waals surface area contributed by atoms with Crippen LogP contribution in [0.4, 0.5) is 0 Å². The fraction of sp³-hybridized carbons (Fsp3) is 0.667. The lowest BCUT2D eigenvalue weighted by Gasteiger charge is -2.12. The van der Waals surface area contributed by atoms with E-state index >= 15 is 0 Å². The molecule has 1 rings (SSSR count). The van der Waals surface area contributed by atoms with Gasteiger partial charge in [-0.15, -0.1) is 0 Å². The van der Waals surface area contributed by atoms with Crippen molar-refractivity contribution in [3.8, 4) is 0 Å². The maximum absolute atomic E-state index is 12.0. The number of nitrogens with one attached hydrogen (secondary N) is 1. The monoisotopic (exact) mass is 274 g/mol. The quantitative estimate of drug-likeness (QED) is 0.710. The van der Waals surface area contributed by atoms with Crippen LogP contribution >= 0.6 is 0 Å². The highest BCUT2D eigenvalue weighted by molar-refractivity contribution is 7.89. The van der Waals surface area contributed by atoms with Crippen LogP contribution < -0.4 is 10.5 Å². The van der Waals surface area contributed by atoms with E-state index in [1.54, 1.807) is 6.07 Å². The van der Waals surface area contributed by atoms with Crippen molar-refractivity contribution in [3.63, 3.8) is 0 Å². The molecule has 6 heteroatoms. The van der Waals surface area contributed by atoms with E-state index in [0.29, 0.717) is 5.76 Å². The maximum atomic E-state index is 12.0. The van der Waals surface area contributed by atoms with Crippen molar-refractivity contribution in [2.45, 2.75) is 57.2 Å². The summed E-state index contributed by atoms with van der Waals surface area (Å²) >= 11 is 0. The summed E-state index contributed by atoms with van der Waals surface area (Å²) in [7, 11) is -3.56. The third-order valence-corrected chi connectivity index (χ3v) is 4.16. The van der Waals surface area contributed by atoms with Gasteiger partial charge in [-0.05, 0) is 25.5 Å². The predicted molar refractivity (Wildman–Crippen MR) is 70.5 cm³/mol. The zero-order chi connectivity index (χ0) is 13.6. The third-order valence-electron chi connectivity index (χ3n) is 2.70. The Labute approximate surface area is 109 Å². The number of nitrogens with two attached hydrogens (primary N) is 1. The van der Waals surface area contributed by atoms with E-state index < -0.39 is 10.0 Å². The van der Waals surface area contributed by atoms with Gasteiger partial charge >= 0.3 is 0 Å². The second-order valence-corrected chi connectivity index (χ2v) is 6.09. The molecule has 0 saturated carbocycles. The van der Waals surface area contributed by atoms with Crippen molar-refractivity contribution >= 4 is 10.0 Å². The summed E-state index contributed by atoms with van der Waals surface area (Å²) in [6, 6.07) is 2.92. The maximum Gasteiger partial charge on any atom is 0.274 e. The Balaban J connectivity index is 2.58. The molecule has 104 valence electrons. The Kier molecular flexibility index (Phi) is 5.84. The van der Waals surface area contributed by atoms with Crippen molar-refractivity contribution in [2.24, 2.45) is 5.73 Å². The molecule has 0 radical (unpaired) electrons. The van der Waals surface area contributed by atoms with Crippen LogP contribution in [0.2, 0.25) is 0 Å². The summed E-state index contributed by atoms with van der Waals surface area (Å²) in [5, 5.41) is -0.0645. The number of unbranched alkanes of at least 4 members (excludes halogenated alkanes) is 2. The van der Waals surface area contributed by atoms with E-state index in [4.69, 9.17) is 10.2 Å². The highest BCUT2D eigenvalue weighted by atomic mass is 32.2. The molecular formula is C12H22N2O3S. The van der Waals surface area contributed by atoms with Gasteiger partial charge in [0.15, 0.2) is 0 Å². The average Bonchev–Trinajstić information content (AvgIpc) is 2.78. The van der Waals surface area contributed by atoms with Crippen LogP contribution in [0.15, 0.2) is 21.6 Å². The van der Waals surface area contributed by atoms with Gasteiger partial charge in [0.25, 0.3) is 10.0 Å². The SMILES string of the molecule is CCCCCC(C)NS(=O)(=O)c1ccc(CN)o1. The van der Waals surface area contributed by atoms with Gasteiger partial charge < -0.3 is 10.2 Å². The molecule has 0 fully saturated rings. The molecule has 0 spiro atoms. The van der Waals surface area contributed by atoms with Gasteiger partial charge in [0.1, 0.15) is 5.76 Å². The molecule has 1 aromatic heterocycles. The molecule has 1 unspecified atom stereocenters. The van der Waals surface area contributed by atoms with E-state index in [1.165, 1.54) is 6.07 Å². The van der Waals surface area contributed by atoms with Crippen molar-refractivity contribution in [1.82, 2.24) is 4.72 Å². The summed E-state index contributed by atoms with van der Waals surface area (Å²) in [5.41, 5.74) is 5.38. The van der Waals surface area contributed by atoms with E-state index in [-0.39, 0.29) is 17.7 Å². The molecule has 0 saturated heterocycles. The van der Waals surface area contributed by atoms with Crippen LogP contribution in [0.3, 0.4) is 0 Å². The molecular weight excluding hydrogens is 252 g/mol. The number of furan rings is 1. The molecule has 18 heavy (non-hydrogen) atoms. The van der Waals surface area contributed by atoms with Crippen LogP contribution in [-0.2, 0) is 16.6 Å².